The molecule has 11 nitrogen and oxygen atoms in total. The molecule has 3 aromatic carbocycles. The lowest BCUT2D eigenvalue weighted by molar-refractivity contribution is -0.122. The topological polar surface area (TPSA) is 131 Å². The first-order valence-corrected chi connectivity index (χ1v) is 11.4. The molecular weight excluding hydrogens is 474 g/mol. The van der Waals surface area contributed by atoms with Crippen LogP contribution in [0.3, 0.4) is 0 Å². The van der Waals surface area contributed by atoms with E-state index in [9.17, 15) is 14.4 Å². The summed E-state index contributed by atoms with van der Waals surface area (Å²) in [7, 11) is 3.12. The van der Waals surface area contributed by atoms with E-state index in [2.05, 4.69) is 26.2 Å². The number of ether oxygens (including phenoxy) is 1. The molecule has 1 aromatic heterocycles. The van der Waals surface area contributed by atoms with Crippen molar-refractivity contribution in [1.82, 2.24) is 20.2 Å². The fraction of sp³-hybridized carbons (Fsp3) is 0.154. The van der Waals surface area contributed by atoms with Gasteiger partial charge in [-0.15, -0.1) is 5.10 Å². The molecule has 0 aliphatic rings. The normalized spacial score (nSPS) is 10.4. The number of carbonyl (C=O) groups is 3. The minimum absolute atomic E-state index is 0.0313. The lowest BCUT2D eigenvalue weighted by Crippen LogP contribution is -2.29. The van der Waals surface area contributed by atoms with Crippen molar-refractivity contribution in [3.63, 3.8) is 0 Å². The second kappa shape index (κ2) is 11.6. The van der Waals surface area contributed by atoms with Crippen molar-refractivity contribution in [2.75, 3.05) is 29.7 Å². The molecule has 11 heteroatoms. The van der Waals surface area contributed by atoms with Gasteiger partial charge in [-0.3, -0.25) is 14.4 Å². The number of aromatic nitrogens is 4. The molecule has 0 saturated heterocycles. The van der Waals surface area contributed by atoms with Crippen LogP contribution in [0, 0.1) is 0 Å². The Morgan fingerprint density at radius 3 is 2.43 bits per heavy atom. The lowest BCUT2D eigenvalue weighted by atomic mass is 10.1. The summed E-state index contributed by atoms with van der Waals surface area (Å²) < 4.78 is 6.66. The number of nitrogens with one attached hydrogen (secondary N) is 2. The SMILES string of the molecule is COc1cccc(NC(=O)c2ccccc2N(C)C(=O)CCC(=O)Nc2cccc(-n3cnnn3)c2)c1. The number of amides is 3. The van der Waals surface area contributed by atoms with Crippen LogP contribution < -0.4 is 20.3 Å². The molecule has 1 heterocycles. The Labute approximate surface area is 213 Å². The third kappa shape index (κ3) is 6.34. The fourth-order valence-corrected chi connectivity index (χ4v) is 3.61. The van der Waals surface area contributed by atoms with Crippen LogP contribution in [0.2, 0.25) is 0 Å². The van der Waals surface area contributed by atoms with E-state index in [-0.39, 0.29) is 30.6 Å². The number of tetrazole rings is 1. The molecule has 3 amide bonds. The Kier molecular flexibility index (Phi) is 7.84. The molecule has 4 aromatic rings. The summed E-state index contributed by atoms with van der Waals surface area (Å²) in [5.41, 5.74) is 2.56. The number of carbonyl (C=O) groups excluding carboxylic acids is 3. The summed E-state index contributed by atoms with van der Waals surface area (Å²) in [6.45, 7) is 0. The number of hydrogen-bond donors (Lipinski definition) is 2. The maximum atomic E-state index is 13.0. The number of benzene rings is 3. The summed E-state index contributed by atoms with van der Waals surface area (Å²) in [4.78, 5) is 39.8. The molecule has 0 aliphatic carbocycles. The van der Waals surface area contributed by atoms with E-state index in [1.54, 1.807) is 87.0 Å². The van der Waals surface area contributed by atoms with Crippen LogP contribution in [0.15, 0.2) is 79.1 Å². The van der Waals surface area contributed by atoms with Gasteiger partial charge in [-0.05, 0) is 52.9 Å². The van der Waals surface area contributed by atoms with Gasteiger partial charge >= 0.3 is 0 Å². The van der Waals surface area contributed by atoms with E-state index in [0.29, 0.717) is 34.1 Å². The predicted molar refractivity (Wildman–Crippen MR) is 138 cm³/mol. The highest BCUT2D eigenvalue weighted by atomic mass is 16.5. The number of para-hydroxylation sites is 1. The third-order valence-corrected chi connectivity index (χ3v) is 5.52. The molecule has 0 radical (unpaired) electrons. The van der Waals surface area contributed by atoms with Crippen molar-refractivity contribution < 1.29 is 19.1 Å². The first-order chi connectivity index (χ1) is 17.9. The Morgan fingerprint density at radius 2 is 1.68 bits per heavy atom. The van der Waals surface area contributed by atoms with Gasteiger partial charge < -0.3 is 20.3 Å². The van der Waals surface area contributed by atoms with Crippen LogP contribution in [0.25, 0.3) is 5.69 Å². The van der Waals surface area contributed by atoms with Crippen LogP contribution in [-0.2, 0) is 9.59 Å². The third-order valence-electron chi connectivity index (χ3n) is 5.52. The Bertz CT molecular complexity index is 1410. The van der Waals surface area contributed by atoms with E-state index < -0.39 is 0 Å². The maximum Gasteiger partial charge on any atom is 0.257 e. The molecule has 0 bridgehead atoms. The average molecular weight is 500 g/mol. The zero-order chi connectivity index (χ0) is 26.2. The maximum absolute atomic E-state index is 13.0. The van der Waals surface area contributed by atoms with E-state index >= 15 is 0 Å². The van der Waals surface area contributed by atoms with Crippen LogP contribution in [0.4, 0.5) is 17.1 Å². The van der Waals surface area contributed by atoms with Crippen molar-refractivity contribution in [1.29, 1.82) is 0 Å². The van der Waals surface area contributed by atoms with Crippen molar-refractivity contribution in [2.24, 2.45) is 0 Å². The van der Waals surface area contributed by atoms with Gasteiger partial charge in [-0.1, -0.05) is 24.3 Å². The van der Waals surface area contributed by atoms with Gasteiger partial charge in [0.1, 0.15) is 12.1 Å². The summed E-state index contributed by atoms with van der Waals surface area (Å²) in [5.74, 6) is -0.388. The van der Waals surface area contributed by atoms with Crippen LogP contribution in [0.1, 0.15) is 23.2 Å². The van der Waals surface area contributed by atoms with Crippen LogP contribution in [0.5, 0.6) is 5.75 Å². The van der Waals surface area contributed by atoms with Crippen molar-refractivity contribution >= 4 is 34.8 Å². The summed E-state index contributed by atoms with van der Waals surface area (Å²) in [6, 6.07) is 20.8. The molecular formula is C26H25N7O4. The molecule has 37 heavy (non-hydrogen) atoms. The largest absolute Gasteiger partial charge is 0.497 e. The lowest BCUT2D eigenvalue weighted by Gasteiger charge is -2.20. The van der Waals surface area contributed by atoms with E-state index in [4.69, 9.17) is 4.74 Å². The highest BCUT2D eigenvalue weighted by Gasteiger charge is 2.19. The van der Waals surface area contributed by atoms with Crippen LogP contribution in [-0.4, -0.2) is 52.1 Å². The highest BCUT2D eigenvalue weighted by molar-refractivity contribution is 6.10. The van der Waals surface area contributed by atoms with Gasteiger partial charge in [0.2, 0.25) is 11.8 Å². The molecule has 0 atom stereocenters. The van der Waals surface area contributed by atoms with Crippen molar-refractivity contribution in [3.8, 4) is 11.4 Å². The molecule has 0 unspecified atom stereocenters. The molecule has 0 aliphatic heterocycles. The molecule has 4 rings (SSSR count). The minimum Gasteiger partial charge on any atom is -0.497 e. The van der Waals surface area contributed by atoms with Gasteiger partial charge in [-0.25, -0.2) is 4.68 Å². The van der Waals surface area contributed by atoms with E-state index in [1.807, 2.05) is 0 Å². The monoisotopic (exact) mass is 499 g/mol. The smallest absolute Gasteiger partial charge is 0.257 e. The summed E-state index contributed by atoms with van der Waals surface area (Å²) in [5, 5.41) is 16.6. The molecule has 188 valence electrons. The highest BCUT2D eigenvalue weighted by Crippen LogP contribution is 2.23. The molecule has 0 spiro atoms. The van der Waals surface area contributed by atoms with Gasteiger partial charge in [0, 0.05) is 37.3 Å². The number of rotatable bonds is 9. The van der Waals surface area contributed by atoms with E-state index in [1.165, 1.54) is 15.9 Å². The number of nitrogens with zero attached hydrogens (tertiary/aromatic N) is 5. The average Bonchev–Trinajstić information content (AvgIpc) is 3.47. The molecule has 0 saturated carbocycles. The zero-order valence-electron chi connectivity index (χ0n) is 20.3. The minimum atomic E-state index is -0.372. The Balaban J connectivity index is 1.37. The second-order valence-electron chi connectivity index (χ2n) is 8.01. The first-order valence-electron chi connectivity index (χ1n) is 11.4. The predicted octanol–water partition coefficient (Wildman–Crippen LogP) is 3.30. The van der Waals surface area contributed by atoms with Crippen molar-refractivity contribution in [3.05, 3.63) is 84.7 Å². The fourth-order valence-electron chi connectivity index (χ4n) is 3.61. The molecule has 2 N–H and O–H groups in total. The number of hydrogen-bond acceptors (Lipinski definition) is 7. The summed E-state index contributed by atoms with van der Waals surface area (Å²) in [6.07, 6.45) is 1.38. The molecule has 0 fully saturated rings. The van der Waals surface area contributed by atoms with E-state index in [0.717, 1.165) is 0 Å². The van der Waals surface area contributed by atoms with Crippen LogP contribution >= 0.6 is 0 Å². The zero-order valence-corrected chi connectivity index (χ0v) is 20.3. The van der Waals surface area contributed by atoms with Gasteiger partial charge in [0.15, 0.2) is 0 Å². The number of methoxy groups -OCH3 is 1. The van der Waals surface area contributed by atoms with Crippen molar-refractivity contribution in [2.45, 2.75) is 12.8 Å². The summed E-state index contributed by atoms with van der Waals surface area (Å²) >= 11 is 0. The number of anilines is 3. The Hall–Kier alpha value is -5.06. The Morgan fingerprint density at radius 1 is 0.919 bits per heavy atom. The van der Waals surface area contributed by atoms with Gasteiger partial charge in [-0.2, -0.15) is 0 Å². The first kappa shape index (κ1) is 25.0. The van der Waals surface area contributed by atoms with Gasteiger partial charge in [0.25, 0.3) is 5.91 Å². The van der Waals surface area contributed by atoms with Gasteiger partial charge in [0.05, 0.1) is 24.0 Å². The standard InChI is InChI=1S/C26H25N7O4/c1-32(23-12-4-3-11-22(23)26(36)29-19-8-6-10-21(16-19)37-2)25(35)14-13-24(34)28-18-7-5-9-20(15-18)33-17-27-30-31-33/h3-12,15-17H,13-14H2,1-2H3,(H,28,34)(H,29,36). The second-order valence-corrected chi connectivity index (χ2v) is 8.01. The quantitative estimate of drug-likeness (QED) is 0.361.